The highest BCUT2D eigenvalue weighted by Gasteiger charge is 2.09. The van der Waals surface area contributed by atoms with Gasteiger partial charge in [-0.25, -0.2) is 4.68 Å². The molecule has 1 unspecified atom stereocenters. The molecule has 0 radical (unpaired) electrons. The van der Waals surface area contributed by atoms with Crippen molar-refractivity contribution in [1.82, 2.24) is 15.0 Å². The van der Waals surface area contributed by atoms with Gasteiger partial charge in [-0.05, 0) is 18.9 Å². The van der Waals surface area contributed by atoms with Gasteiger partial charge in [0.15, 0.2) is 0 Å². The van der Waals surface area contributed by atoms with E-state index in [4.69, 9.17) is 0 Å². The summed E-state index contributed by atoms with van der Waals surface area (Å²) in [6.45, 7) is 4.67. The van der Waals surface area contributed by atoms with E-state index in [0.717, 1.165) is 0 Å². The van der Waals surface area contributed by atoms with Gasteiger partial charge in [0.25, 0.3) is 0 Å². The highest BCUT2D eigenvalue weighted by molar-refractivity contribution is 5.21. The molecule has 4 heteroatoms. The van der Waals surface area contributed by atoms with Crippen LogP contribution >= 0.6 is 0 Å². The van der Waals surface area contributed by atoms with Crippen LogP contribution in [0.4, 0.5) is 0 Å². The molecule has 90 valence electrons. The molecule has 1 atom stereocenters. The molecule has 0 aliphatic heterocycles. The summed E-state index contributed by atoms with van der Waals surface area (Å²) in [6, 6.07) is 8.31. The topological polar surface area (TPSA) is 50.9 Å². The normalized spacial score (nSPS) is 12.6. The minimum absolute atomic E-state index is 0.512. The van der Waals surface area contributed by atoms with Gasteiger partial charge in [-0.15, -0.1) is 5.10 Å². The maximum Gasteiger partial charge on any atom is 0.111 e. The third kappa shape index (κ3) is 2.91. The quantitative estimate of drug-likeness (QED) is 0.876. The zero-order chi connectivity index (χ0) is 12.3. The van der Waals surface area contributed by atoms with E-state index < -0.39 is 6.10 Å². The maximum atomic E-state index is 9.63. The van der Waals surface area contributed by atoms with Gasteiger partial charge in [-0.1, -0.05) is 42.0 Å². The number of aromatic nitrogens is 3. The van der Waals surface area contributed by atoms with Crippen molar-refractivity contribution in [2.45, 2.75) is 32.9 Å². The highest BCUT2D eigenvalue weighted by atomic mass is 16.3. The fourth-order valence-corrected chi connectivity index (χ4v) is 1.63. The van der Waals surface area contributed by atoms with Gasteiger partial charge in [-0.3, -0.25) is 0 Å². The Morgan fingerprint density at radius 3 is 2.65 bits per heavy atom. The van der Waals surface area contributed by atoms with E-state index in [-0.39, 0.29) is 0 Å². The Kier molecular flexibility index (Phi) is 3.54. The van der Waals surface area contributed by atoms with Gasteiger partial charge in [0, 0.05) is 0 Å². The summed E-state index contributed by atoms with van der Waals surface area (Å²) in [5.74, 6) is 0. The monoisotopic (exact) mass is 231 g/mol. The third-order valence-electron chi connectivity index (χ3n) is 2.75. The molecule has 0 spiro atoms. The maximum absolute atomic E-state index is 9.63. The predicted molar refractivity (Wildman–Crippen MR) is 65.6 cm³/mol. The lowest BCUT2D eigenvalue weighted by molar-refractivity contribution is 0.168. The van der Waals surface area contributed by atoms with E-state index in [1.807, 2.05) is 6.92 Å². The number of benzene rings is 1. The van der Waals surface area contributed by atoms with Crippen LogP contribution in [0.5, 0.6) is 0 Å². The first-order valence-corrected chi connectivity index (χ1v) is 5.82. The second-order valence-electron chi connectivity index (χ2n) is 4.25. The van der Waals surface area contributed by atoms with Gasteiger partial charge >= 0.3 is 0 Å². The van der Waals surface area contributed by atoms with E-state index in [1.54, 1.807) is 10.9 Å². The molecule has 0 aliphatic carbocycles. The van der Waals surface area contributed by atoms with Crippen LogP contribution in [0.15, 0.2) is 30.5 Å². The molecule has 0 aliphatic rings. The van der Waals surface area contributed by atoms with Crippen LogP contribution in [0.25, 0.3) is 0 Å². The van der Waals surface area contributed by atoms with Crippen LogP contribution in [-0.4, -0.2) is 20.1 Å². The van der Waals surface area contributed by atoms with Gasteiger partial charge in [0.05, 0.1) is 18.8 Å². The average Bonchev–Trinajstić information content (AvgIpc) is 2.80. The van der Waals surface area contributed by atoms with Crippen molar-refractivity contribution in [3.63, 3.8) is 0 Å². The van der Waals surface area contributed by atoms with Crippen molar-refractivity contribution in [3.05, 3.63) is 47.3 Å². The van der Waals surface area contributed by atoms with Gasteiger partial charge in [-0.2, -0.15) is 0 Å². The van der Waals surface area contributed by atoms with Crippen molar-refractivity contribution in [3.8, 4) is 0 Å². The lowest BCUT2D eigenvalue weighted by Gasteiger charge is -2.02. The first-order valence-electron chi connectivity index (χ1n) is 5.82. The Labute approximate surface area is 101 Å². The largest absolute Gasteiger partial charge is 0.387 e. The number of rotatable bonds is 4. The summed E-state index contributed by atoms with van der Waals surface area (Å²) in [7, 11) is 0. The molecule has 0 saturated heterocycles. The zero-order valence-electron chi connectivity index (χ0n) is 10.2. The van der Waals surface area contributed by atoms with E-state index in [0.29, 0.717) is 18.7 Å². The van der Waals surface area contributed by atoms with Crippen LogP contribution in [0, 0.1) is 6.92 Å². The summed E-state index contributed by atoms with van der Waals surface area (Å²) in [6.07, 6.45) is 1.94. The first-order chi connectivity index (χ1) is 8.19. The van der Waals surface area contributed by atoms with Crippen LogP contribution in [-0.2, 0) is 6.54 Å². The summed E-state index contributed by atoms with van der Waals surface area (Å²) in [4.78, 5) is 0. The number of hydrogen-bond donors (Lipinski definition) is 1. The molecule has 0 bridgehead atoms. The number of nitrogens with zero attached hydrogens (tertiary/aromatic N) is 3. The van der Waals surface area contributed by atoms with Crippen molar-refractivity contribution >= 4 is 0 Å². The van der Waals surface area contributed by atoms with Crippen molar-refractivity contribution in [2.24, 2.45) is 0 Å². The Balaban J connectivity index is 2.08. The SMILES string of the molecule is CCC(O)c1cn(Cc2ccc(C)cc2)nn1. The fraction of sp³-hybridized carbons (Fsp3) is 0.385. The molecule has 1 N–H and O–H groups in total. The average molecular weight is 231 g/mol. The summed E-state index contributed by atoms with van der Waals surface area (Å²) >= 11 is 0. The van der Waals surface area contributed by atoms with Crippen molar-refractivity contribution in [2.75, 3.05) is 0 Å². The minimum Gasteiger partial charge on any atom is -0.387 e. The fourth-order valence-electron chi connectivity index (χ4n) is 1.63. The van der Waals surface area contributed by atoms with Crippen molar-refractivity contribution in [1.29, 1.82) is 0 Å². The summed E-state index contributed by atoms with van der Waals surface area (Å²) in [5, 5.41) is 17.6. The summed E-state index contributed by atoms with van der Waals surface area (Å²) < 4.78 is 1.75. The standard InChI is InChI=1S/C13H17N3O/c1-3-13(17)12-9-16(15-14-12)8-11-6-4-10(2)5-7-11/h4-7,9,13,17H,3,8H2,1-2H3. The van der Waals surface area contributed by atoms with Crippen LogP contribution < -0.4 is 0 Å². The molecule has 17 heavy (non-hydrogen) atoms. The van der Waals surface area contributed by atoms with E-state index in [2.05, 4.69) is 41.5 Å². The smallest absolute Gasteiger partial charge is 0.111 e. The Bertz CT molecular complexity index is 476. The molecule has 1 aromatic heterocycles. The van der Waals surface area contributed by atoms with Gasteiger partial charge in [0.1, 0.15) is 5.69 Å². The molecular formula is C13H17N3O. The Morgan fingerprint density at radius 2 is 2.00 bits per heavy atom. The van der Waals surface area contributed by atoms with Gasteiger partial charge < -0.3 is 5.11 Å². The number of aryl methyl sites for hydroxylation is 1. The highest BCUT2D eigenvalue weighted by Crippen LogP contribution is 2.12. The Morgan fingerprint density at radius 1 is 1.29 bits per heavy atom. The molecule has 0 saturated carbocycles. The van der Waals surface area contributed by atoms with Gasteiger partial charge in [0.2, 0.25) is 0 Å². The number of aliphatic hydroxyl groups is 1. The number of hydrogen-bond acceptors (Lipinski definition) is 3. The van der Waals surface area contributed by atoms with E-state index in [9.17, 15) is 5.11 Å². The van der Waals surface area contributed by atoms with E-state index in [1.165, 1.54) is 11.1 Å². The Hall–Kier alpha value is -1.68. The van der Waals surface area contributed by atoms with Crippen LogP contribution in [0.1, 0.15) is 36.3 Å². The molecule has 1 heterocycles. The summed E-state index contributed by atoms with van der Waals surface area (Å²) in [5.41, 5.74) is 3.06. The molecule has 2 rings (SSSR count). The lowest BCUT2D eigenvalue weighted by Crippen LogP contribution is -2.00. The molecular weight excluding hydrogens is 214 g/mol. The third-order valence-corrected chi connectivity index (χ3v) is 2.75. The zero-order valence-corrected chi connectivity index (χ0v) is 10.2. The predicted octanol–water partition coefficient (Wildman–Crippen LogP) is 2.08. The molecule has 1 aromatic carbocycles. The van der Waals surface area contributed by atoms with Crippen molar-refractivity contribution < 1.29 is 5.11 Å². The molecule has 0 fully saturated rings. The van der Waals surface area contributed by atoms with Crippen LogP contribution in [0.2, 0.25) is 0 Å². The second-order valence-corrected chi connectivity index (χ2v) is 4.25. The minimum atomic E-state index is -0.512. The lowest BCUT2D eigenvalue weighted by atomic mass is 10.1. The molecule has 0 amide bonds. The number of aliphatic hydroxyl groups excluding tert-OH is 1. The second kappa shape index (κ2) is 5.10. The van der Waals surface area contributed by atoms with E-state index >= 15 is 0 Å². The molecule has 2 aromatic rings. The van der Waals surface area contributed by atoms with Crippen LogP contribution in [0.3, 0.4) is 0 Å². The molecule has 4 nitrogen and oxygen atoms in total. The first kappa shape index (κ1) is 11.8.